The Kier molecular flexibility index (Phi) is 7.99. The minimum absolute atomic E-state index is 0.0989. The molecule has 1 atom stereocenters. The van der Waals surface area contributed by atoms with Crippen molar-refractivity contribution in [2.24, 2.45) is 0 Å². The molecule has 1 aliphatic rings. The first-order chi connectivity index (χ1) is 16.5. The van der Waals surface area contributed by atoms with Crippen LogP contribution in [0.4, 0.5) is 4.79 Å². The van der Waals surface area contributed by atoms with Crippen molar-refractivity contribution < 1.29 is 24.2 Å². The van der Waals surface area contributed by atoms with Crippen molar-refractivity contribution in [1.29, 1.82) is 0 Å². The smallest absolute Gasteiger partial charge is 0.407 e. The van der Waals surface area contributed by atoms with Gasteiger partial charge in [-0.25, -0.2) is 4.79 Å². The summed E-state index contributed by atoms with van der Waals surface area (Å²) in [7, 11) is 0. The Balaban J connectivity index is 1.75. The number of amides is 2. The van der Waals surface area contributed by atoms with Gasteiger partial charge in [0.05, 0.1) is 0 Å². The maximum atomic E-state index is 13.3. The van der Waals surface area contributed by atoms with Crippen molar-refractivity contribution in [3.63, 3.8) is 0 Å². The highest BCUT2D eigenvalue weighted by molar-refractivity contribution is 5.89. The SMILES string of the molecule is CC(C)=CCC(NC(=O)OCC1c2ccccc2-c2ccccc21)C(=O)N(CC(=O)O)C(C)(C)C. The summed E-state index contributed by atoms with van der Waals surface area (Å²) in [6.45, 7) is 8.75. The van der Waals surface area contributed by atoms with Crippen LogP contribution in [0.1, 0.15) is 58.1 Å². The minimum atomic E-state index is -1.12. The molecule has 0 saturated heterocycles. The summed E-state index contributed by atoms with van der Waals surface area (Å²) in [6, 6.07) is 15.2. The fourth-order valence-electron chi connectivity index (χ4n) is 4.33. The molecular formula is C28H34N2O5. The summed E-state index contributed by atoms with van der Waals surface area (Å²) in [6.07, 6.45) is 1.36. The van der Waals surface area contributed by atoms with E-state index in [0.29, 0.717) is 0 Å². The van der Waals surface area contributed by atoms with Gasteiger partial charge in [-0.3, -0.25) is 9.59 Å². The van der Waals surface area contributed by atoms with E-state index in [1.165, 1.54) is 4.90 Å². The summed E-state index contributed by atoms with van der Waals surface area (Å²) in [4.78, 5) is 38.8. The number of allylic oxidation sites excluding steroid dienone is 1. The first kappa shape index (κ1) is 26.0. The van der Waals surface area contributed by atoms with Crippen LogP contribution in [0.5, 0.6) is 0 Å². The average molecular weight is 479 g/mol. The third kappa shape index (κ3) is 6.29. The van der Waals surface area contributed by atoms with Crippen molar-refractivity contribution >= 4 is 18.0 Å². The maximum absolute atomic E-state index is 13.3. The molecule has 7 nitrogen and oxygen atoms in total. The molecule has 35 heavy (non-hydrogen) atoms. The van der Waals surface area contributed by atoms with Crippen LogP contribution in [-0.2, 0) is 14.3 Å². The second kappa shape index (κ2) is 10.8. The number of benzene rings is 2. The van der Waals surface area contributed by atoms with Gasteiger partial charge in [0, 0.05) is 11.5 Å². The highest BCUT2D eigenvalue weighted by Crippen LogP contribution is 2.44. The van der Waals surface area contributed by atoms with E-state index in [4.69, 9.17) is 4.74 Å². The lowest BCUT2D eigenvalue weighted by atomic mass is 9.98. The lowest BCUT2D eigenvalue weighted by Gasteiger charge is -2.36. The zero-order valence-corrected chi connectivity index (χ0v) is 21.0. The average Bonchev–Trinajstić information content (AvgIpc) is 3.11. The van der Waals surface area contributed by atoms with Gasteiger partial charge in [0.2, 0.25) is 5.91 Å². The third-order valence-corrected chi connectivity index (χ3v) is 6.06. The number of rotatable bonds is 8. The number of carboxylic acid groups (broad SMARTS) is 1. The van der Waals surface area contributed by atoms with E-state index in [1.54, 1.807) is 20.8 Å². The predicted octanol–water partition coefficient (Wildman–Crippen LogP) is 4.96. The molecule has 0 spiro atoms. The van der Waals surface area contributed by atoms with Crippen molar-refractivity contribution in [1.82, 2.24) is 10.2 Å². The predicted molar refractivity (Wildman–Crippen MR) is 135 cm³/mol. The molecule has 3 rings (SSSR count). The summed E-state index contributed by atoms with van der Waals surface area (Å²) < 4.78 is 5.62. The minimum Gasteiger partial charge on any atom is -0.480 e. The molecule has 0 heterocycles. The summed E-state index contributed by atoms with van der Waals surface area (Å²) in [5.74, 6) is -1.68. The Labute approximate surface area is 206 Å². The molecule has 0 aromatic heterocycles. The number of aliphatic carboxylic acids is 1. The number of carboxylic acids is 1. The van der Waals surface area contributed by atoms with E-state index >= 15 is 0 Å². The number of nitrogens with zero attached hydrogens (tertiary/aromatic N) is 1. The standard InChI is InChI=1S/C28H34N2O5/c1-18(2)14-15-24(26(33)30(16-25(31)32)28(3,4)5)29-27(34)35-17-23-21-12-8-6-10-19(21)20-11-7-9-13-22(20)23/h6-14,23-24H,15-17H2,1-5H3,(H,29,34)(H,31,32). The number of hydrogen-bond acceptors (Lipinski definition) is 4. The van der Waals surface area contributed by atoms with Crippen LogP contribution in [-0.4, -0.2) is 52.7 Å². The van der Waals surface area contributed by atoms with E-state index in [9.17, 15) is 19.5 Å². The first-order valence-corrected chi connectivity index (χ1v) is 11.8. The molecule has 0 saturated carbocycles. The quantitative estimate of drug-likeness (QED) is 0.523. The zero-order chi connectivity index (χ0) is 25.8. The Morgan fingerprint density at radius 2 is 1.57 bits per heavy atom. The summed E-state index contributed by atoms with van der Waals surface area (Å²) >= 11 is 0. The second-order valence-corrected chi connectivity index (χ2v) is 10.0. The fourth-order valence-corrected chi connectivity index (χ4v) is 4.33. The van der Waals surface area contributed by atoms with E-state index in [0.717, 1.165) is 27.8 Å². The van der Waals surface area contributed by atoms with Gasteiger partial charge in [0.1, 0.15) is 19.2 Å². The number of fused-ring (bicyclic) bond motifs is 3. The Hall–Kier alpha value is -3.61. The number of alkyl carbamates (subject to hydrolysis) is 1. The van der Waals surface area contributed by atoms with Crippen molar-refractivity contribution in [3.05, 3.63) is 71.3 Å². The highest BCUT2D eigenvalue weighted by atomic mass is 16.5. The molecule has 7 heteroatoms. The normalized spacial score (nSPS) is 13.3. The van der Waals surface area contributed by atoms with Crippen LogP contribution in [0.25, 0.3) is 11.1 Å². The molecule has 2 N–H and O–H groups in total. The lowest BCUT2D eigenvalue weighted by molar-refractivity contribution is -0.149. The van der Waals surface area contributed by atoms with Crippen molar-refractivity contribution in [2.75, 3.05) is 13.2 Å². The highest BCUT2D eigenvalue weighted by Gasteiger charge is 2.34. The lowest BCUT2D eigenvalue weighted by Crippen LogP contribution is -2.56. The number of hydrogen-bond donors (Lipinski definition) is 2. The Morgan fingerprint density at radius 3 is 2.06 bits per heavy atom. The van der Waals surface area contributed by atoms with Gasteiger partial charge in [-0.15, -0.1) is 0 Å². The van der Waals surface area contributed by atoms with Crippen LogP contribution in [0, 0.1) is 0 Å². The number of carbonyl (C=O) groups is 3. The zero-order valence-electron chi connectivity index (χ0n) is 21.0. The number of nitrogens with one attached hydrogen (secondary N) is 1. The van der Waals surface area contributed by atoms with Gasteiger partial charge in [0.15, 0.2) is 0 Å². The maximum Gasteiger partial charge on any atom is 0.407 e. The summed E-state index contributed by atoms with van der Waals surface area (Å²) in [5.41, 5.74) is 4.70. The second-order valence-electron chi connectivity index (χ2n) is 10.0. The van der Waals surface area contributed by atoms with E-state index < -0.39 is 36.1 Å². The fraction of sp³-hybridized carbons (Fsp3) is 0.393. The first-order valence-electron chi connectivity index (χ1n) is 11.8. The van der Waals surface area contributed by atoms with Gasteiger partial charge in [-0.1, -0.05) is 60.2 Å². The third-order valence-electron chi connectivity index (χ3n) is 6.06. The Morgan fingerprint density at radius 1 is 1.03 bits per heavy atom. The monoisotopic (exact) mass is 478 g/mol. The molecule has 0 fully saturated rings. The van der Waals surface area contributed by atoms with Crippen LogP contribution >= 0.6 is 0 Å². The van der Waals surface area contributed by atoms with E-state index in [1.807, 2.05) is 56.3 Å². The summed E-state index contributed by atoms with van der Waals surface area (Å²) in [5, 5.41) is 12.0. The van der Waals surface area contributed by atoms with E-state index in [2.05, 4.69) is 17.4 Å². The molecule has 2 amide bonds. The van der Waals surface area contributed by atoms with Gasteiger partial charge in [-0.05, 0) is 63.3 Å². The van der Waals surface area contributed by atoms with Crippen molar-refractivity contribution in [2.45, 2.75) is 58.5 Å². The molecular weight excluding hydrogens is 444 g/mol. The van der Waals surface area contributed by atoms with Gasteiger partial charge in [0.25, 0.3) is 0 Å². The Bertz CT molecular complexity index is 1080. The van der Waals surface area contributed by atoms with Crippen LogP contribution in [0.15, 0.2) is 60.2 Å². The van der Waals surface area contributed by atoms with Crippen LogP contribution in [0.2, 0.25) is 0 Å². The molecule has 186 valence electrons. The molecule has 1 unspecified atom stereocenters. The molecule has 1 aliphatic carbocycles. The molecule has 2 aromatic carbocycles. The molecule has 0 radical (unpaired) electrons. The molecule has 0 aliphatic heterocycles. The van der Waals surface area contributed by atoms with Crippen LogP contribution < -0.4 is 5.32 Å². The van der Waals surface area contributed by atoms with Gasteiger partial charge >= 0.3 is 12.1 Å². The van der Waals surface area contributed by atoms with Gasteiger partial charge in [-0.2, -0.15) is 0 Å². The molecule has 2 aromatic rings. The van der Waals surface area contributed by atoms with Crippen LogP contribution in [0.3, 0.4) is 0 Å². The van der Waals surface area contributed by atoms with Gasteiger partial charge < -0.3 is 20.1 Å². The van der Waals surface area contributed by atoms with Crippen molar-refractivity contribution in [3.8, 4) is 11.1 Å². The number of carbonyl (C=O) groups excluding carboxylic acids is 2. The topological polar surface area (TPSA) is 95.9 Å². The number of ether oxygens (including phenoxy) is 1. The molecule has 0 bridgehead atoms. The largest absolute Gasteiger partial charge is 0.480 e. The van der Waals surface area contributed by atoms with E-state index in [-0.39, 0.29) is 18.9 Å².